The van der Waals surface area contributed by atoms with Gasteiger partial charge in [-0.25, -0.2) is 4.98 Å². The summed E-state index contributed by atoms with van der Waals surface area (Å²) in [5.74, 6) is 0.795. The Kier molecular flexibility index (Phi) is 6.90. The van der Waals surface area contributed by atoms with Crippen LogP contribution in [0.15, 0.2) is 53.9 Å². The maximum Gasteiger partial charge on any atom is 0.226 e. The van der Waals surface area contributed by atoms with Crippen molar-refractivity contribution in [3.63, 3.8) is 0 Å². The number of nitrogens with one attached hydrogen (secondary N) is 1. The maximum atomic E-state index is 12.7. The number of ether oxygens (including phenoxy) is 2. The minimum absolute atomic E-state index is 0.0320. The molecule has 4 rings (SSSR count). The Morgan fingerprint density at radius 2 is 1.94 bits per heavy atom. The van der Waals surface area contributed by atoms with Crippen LogP contribution in [0.5, 0.6) is 5.75 Å². The first kappa shape index (κ1) is 21.8. The lowest BCUT2D eigenvalue weighted by atomic mass is 9.74. The van der Waals surface area contributed by atoms with Crippen LogP contribution in [0.2, 0.25) is 5.02 Å². The van der Waals surface area contributed by atoms with Crippen molar-refractivity contribution < 1.29 is 14.3 Å². The number of thiazole rings is 1. The molecule has 1 saturated heterocycles. The van der Waals surface area contributed by atoms with Gasteiger partial charge in [0.1, 0.15) is 10.8 Å². The van der Waals surface area contributed by atoms with Crippen molar-refractivity contribution in [1.82, 2.24) is 10.3 Å². The Bertz CT molecular complexity index is 1030. The van der Waals surface area contributed by atoms with Gasteiger partial charge in [-0.15, -0.1) is 11.3 Å². The van der Waals surface area contributed by atoms with E-state index in [1.165, 1.54) is 16.9 Å². The van der Waals surface area contributed by atoms with E-state index < -0.39 is 0 Å². The summed E-state index contributed by atoms with van der Waals surface area (Å²) < 4.78 is 10.9. The van der Waals surface area contributed by atoms with E-state index in [9.17, 15) is 4.79 Å². The van der Waals surface area contributed by atoms with Gasteiger partial charge in [-0.2, -0.15) is 0 Å². The summed E-state index contributed by atoms with van der Waals surface area (Å²) in [6.45, 7) is 1.95. The Hall–Kier alpha value is -2.41. The van der Waals surface area contributed by atoms with Crippen molar-refractivity contribution >= 4 is 28.8 Å². The molecule has 0 unspecified atom stereocenters. The molecule has 1 fully saturated rings. The van der Waals surface area contributed by atoms with Gasteiger partial charge in [-0.3, -0.25) is 4.79 Å². The van der Waals surface area contributed by atoms with Crippen molar-refractivity contribution in [3.8, 4) is 16.3 Å². The highest BCUT2D eigenvalue weighted by molar-refractivity contribution is 7.13. The van der Waals surface area contributed by atoms with Crippen LogP contribution < -0.4 is 10.1 Å². The minimum Gasteiger partial charge on any atom is -0.497 e. The van der Waals surface area contributed by atoms with Gasteiger partial charge in [0.15, 0.2) is 0 Å². The van der Waals surface area contributed by atoms with Crippen molar-refractivity contribution in [1.29, 1.82) is 0 Å². The smallest absolute Gasteiger partial charge is 0.226 e. The van der Waals surface area contributed by atoms with E-state index in [1.54, 1.807) is 7.11 Å². The predicted molar refractivity (Wildman–Crippen MR) is 124 cm³/mol. The van der Waals surface area contributed by atoms with E-state index in [2.05, 4.69) is 22.4 Å². The number of benzene rings is 2. The van der Waals surface area contributed by atoms with E-state index in [0.29, 0.717) is 24.8 Å². The number of halogens is 1. The second-order valence-corrected chi connectivity index (χ2v) is 8.96. The zero-order valence-corrected chi connectivity index (χ0v) is 19.0. The molecule has 1 aliphatic rings. The van der Waals surface area contributed by atoms with Crippen molar-refractivity contribution in [2.75, 3.05) is 26.9 Å². The highest BCUT2D eigenvalue weighted by Crippen LogP contribution is 2.35. The topological polar surface area (TPSA) is 60.5 Å². The number of amides is 1. The fourth-order valence-corrected chi connectivity index (χ4v) is 5.06. The molecular weight excluding hydrogens is 432 g/mol. The third kappa shape index (κ3) is 5.09. The first-order chi connectivity index (χ1) is 15.1. The summed E-state index contributed by atoms with van der Waals surface area (Å²) in [4.78, 5) is 17.3. The molecule has 0 spiro atoms. The Morgan fingerprint density at radius 1 is 1.19 bits per heavy atom. The molecule has 1 N–H and O–H groups in total. The Balaban J connectivity index is 1.42. The lowest BCUT2D eigenvalue weighted by Crippen LogP contribution is -2.45. The minimum atomic E-state index is -0.134. The summed E-state index contributed by atoms with van der Waals surface area (Å²) in [5, 5.41) is 6.55. The molecule has 0 radical (unpaired) electrons. The summed E-state index contributed by atoms with van der Waals surface area (Å²) in [6, 6.07) is 15.7. The lowest BCUT2D eigenvalue weighted by Gasteiger charge is -2.38. The van der Waals surface area contributed by atoms with Gasteiger partial charge in [-0.1, -0.05) is 41.9 Å². The van der Waals surface area contributed by atoms with Crippen molar-refractivity contribution in [2.24, 2.45) is 0 Å². The molecule has 0 bridgehead atoms. The van der Waals surface area contributed by atoms with E-state index in [4.69, 9.17) is 21.1 Å². The molecule has 0 atom stereocenters. The summed E-state index contributed by atoms with van der Waals surface area (Å²) in [5.41, 5.74) is 2.71. The highest BCUT2D eigenvalue weighted by Gasteiger charge is 2.35. The third-order valence-corrected chi connectivity index (χ3v) is 7.03. The summed E-state index contributed by atoms with van der Waals surface area (Å²) in [7, 11) is 1.66. The quantitative estimate of drug-likeness (QED) is 0.550. The highest BCUT2D eigenvalue weighted by atomic mass is 35.5. The molecular formula is C24H25ClN2O3S. The summed E-state index contributed by atoms with van der Waals surface area (Å²) >= 11 is 7.77. The van der Waals surface area contributed by atoms with Gasteiger partial charge in [-0.05, 0) is 36.6 Å². The number of methoxy groups -OCH3 is 1. The predicted octanol–water partition coefficient (Wildman–Crippen LogP) is 4.88. The van der Waals surface area contributed by atoms with Crippen molar-refractivity contribution in [3.05, 3.63) is 70.2 Å². The van der Waals surface area contributed by atoms with Crippen LogP contribution in [0, 0.1) is 0 Å². The zero-order valence-electron chi connectivity index (χ0n) is 17.4. The van der Waals surface area contributed by atoms with Gasteiger partial charge in [0.05, 0.1) is 24.2 Å². The first-order valence-corrected chi connectivity index (χ1v) is 11.5. The number of carbonyl (C=O) groups excluding carboxylic acids is 1. The molecule has 1 amide bonds. The van der Waals surface area contributed by atoms with Crippen LogP contribution in [-0.2, 0) is 21.4 Å². The zero-order chi connectivity index (χ0) is 21.7. The molecule has 162 valence electrons. The maximum absolute atomic E-state index is 12.7. The van der Waals surface area contributed by atoms with Gasteiger partial charge < -0.3 is 14.8 Å². The molecule has 0 aliphatic carbocycles. The van der Waals surface area contributed by atoms with Crippen LogP contribution in [0.4, 0.5) is 0 Å². The molecule has 31 heavy (non-hydrogen) atoms. The third-order valence-electron chi connectivity index (χ3n) is 5.77. The number of aromatic nitrogens is 1. The van der Waals surface area contributed by atoms with Crippen LogP contribution in [0.3, 0.4) is 0 Å². The van der Waals surface area contributed by atoms with Crippen LogP contribution >= 0.6 is 22.9 Å². The number of hydrogen-bond donors (Lipinski definition) is 1. The Morgan fingerprint density at radius 3 is 2.65 bits per heavy atom. The van der Waals surface area contributed by atoms with Gasteiger partial charge in [0, 0.05) is 36.1 Å². The fraction of sp³-hybridized carbons (Fsp3) is 0.333. The van der Waals surface area contributed by atoms with E-state index in [-0.39, 0.29) is 17.7 Å². The molecule has 2 heterocycles. The van der Waals surface area contributed by atoms with Crippen molar-refractivity contribution in [2.45, 2.75) is 24.7 Å². The first-order valence-electron chi connectivity index (χ1n) is 10.3. The second kappa shape index (κ2) is 9.81. The van der Waals surface area contributed by atoms with E-state index in [1.807, 2.05) is 41.8 Å². The number of carbonyl (C=O) groups is 1. The Labute approximate surface area is 191 Å². The fourth-order valence-electron chi connectivity index (χ4n) is 3.92. The lowest BCUT2D eigenvalue weighted by molar-refractivity contribution is -0.121. The van der Waals surface area contributed by atoms with E-state index >= 15 is 0 Å². The number of nitrogens with zero attached hydrogens (tertiary/aromatic N) is 1. The standard InChI is InChI=1S/C24H25ClN2O3S/c1-29-19-8-6-17(7-9-19)24(10-12-30-13-11-24)16-26-22(28)14-18-15-31-23(27-18)20-4-2-3-5-21(20)25/h2-9,15H,10-14,16H2,1H3,(H,26,28). The molecule has 1 aliphatic heterocycles. The normalized spacial score (nSPS) is 15.4. The number of hydrogen-bond acceptors (Lipinski definition) is 5. The van der Waals surface area contributed by atoms with Gasteiger partial charge in [0.25, 0.3) is 0 Å². The van der Waals surface area contributed by atoms with Gasteiger partial charge >= 0.3 is 0 Å². The average molecular weight is 457 g/mol. The van der Waals surface area contributed by atoms with E-state index in [0.717, 1.165) is 34.9 Å². The molecule has 0 saturated carbocycles. The SMILES string of the molecule is COc1ccc(C2(CNC(=O)Cc3csc(-c4ccccc4Cl)n3)CCOCC2)cc1. The molecule has 7 heteroatoms. The second-order valence-electron chi connectivity index (χ2n) is 7.70. The summed E-state index contributed by atoms with van der Waals surface area (Å²) in [6.07, 6.45) is 1.98. The van der Waals surface area contributed by atoms with Gasteiger partial charge in [0.2, 0.25) is 5.91 Å². The molecule has 2 aromatic carbocycles. The molecule has 1 aromatic heterocycles. The van der Waals surface area contributed by atoms with Crippen LogP contribution in [-0.4, -0.2) is 37.8 Å². The monoisotopic (exact) mass is 456 g/mol. The van der Waals surface area contributed by atoms with Crippen LogP contribution in [0.25, 0.3) is 10.6 Å². The van der Waals surface area contributed by atoms with Crippen LogP contribution in [0.1, 0.15) is 24.1 Å². The molecule has 3 aromatic rings. The molecule has 5 nitrogen and oxygen atoms in total. The largest absolute Gasteiger partial charge is 0.497 e. The average Bonchev–Trinajstić information content (AvgIpc) is 3.27. The number of rotatable bonds is 7.